The Bertz CT molecular complexity index is 621. The Morgan fingerprint density at radius 3 is 2.63 bits per heavy atom. The first-order chi connectivity index (χ1) is 12.6. The monoisotopic (exact) mass is 391 g/mol. The molecule has 0 radical (unpaired) electrons. The zero-order valence-electron chi connectivity index (χ0n) is 15.1. The summed E-state index contributed by atoms with van der Waals surface area (Å²) in [5.41, 5.74) is 0.168. The molecule has 2 amide bonds. The summed E-state index contributed by atoms with van der Waals surface area (Å²) in [7, 11) is 1.82. The van der Waals surface area contributed by atoms with Gasteiger partial charge in [0.15, 0.2) is 5.78 Å². The fraction of sp³-hybridized carbons (Fsp3) is 0.824. The van der Waals surface area contributed by atoms with Crippen LogP contribution in [0.3, 0.4) is 0 Å². The van der Waals surface area contributed by atoms with Crippen molar-refractivity contribution in [3.63, 3.8) is 0 Å². The van der Waals surface area contributed by atoms with Crippen LogP contribution < -0.4 is 10.6 Å². The maximum atomic E-state index is 12.7. The molecule has 1 saturated carbocycles. The van der Waals surface area contributed by atoms with Crippen molar-refractivity contribution in [3.05, 3.63) is 0 Å². The lowest BCUT2D eigenvalue weighted by molar-refractivity contribution is -0.321. The van der Waals surface area contributed by atoms with E-state index in [9.17, 15) is 27.6 Å². The first-order valence-electron chi connectivity index (χ1n) is 9.10. The number of alkyl halides is 3. The Kier molecular flexibility index (Phi) is 5.49. The Hall–Kier alpha value is -1.68. The van der Waals surface area contributed by atoms with Gasteiger partial charge in [-0.05, 0) is 44.6 Å². The molecule has 3 unspecified atom stereocenters. The second-order valence-corrected chi connectivity index (χ2v) is 7.91. The second-order valence-electron chi connectivity index (χ2n) is 7.91. The summed E-state index contributed by atoms with van der Waals surface area (Å²) in [4.78, 5) is 38.6. The Morgan fingerprint density at radius 1 is 1.41 bits per heavy atom. The van der Waals surface area contributed by atoms with Crippen LogP contribution in [-0.4, -0.2) is 67.7 Å². The van der Waals surface area contributed by atoms with Crippen LogP contribution in [0.4, 0.5) is 13.2 Å². The van der Waals surface area contributed by atoms with Gasteiger partial charge in [-0.3, -0.25) is 24.0 Å². The number of likely N-dealkylation sites (N-methyl/N-ethyl adjacent to an activating group) is 1. The number of halogens is 3. The van der Waals surface area contributed by atoms with Crippen LogP contribution in [0.2, 0.25) is 0 Å². The minimum atomic E-state index is -4.93. The Balaban J connectivity index is 1.64. The maximum Gasteiger partial charge on any atom is 0.522 e. The minimum absolute atomic E-state index is 0.0286. The molecule has 1 aliphatic carbocycles. The number of ketones is 1. The van der Waals surface area contributed by atoms with E-state index < -0.39 is 36.8 Å². The third kappa shape index (κ3) is 4.98. The lowest BCUT2D eigenvalue weighted by Gasteiger charge is -2.24. The summed E-state index contributed by atoms with van der Waals surface area (Å²) in [5.74, 6) is -2.04. The summed E-state index contributed by atoms with van der Waals surface area (Å²) in [6.45, 7) is 0.0600. The van der Waals surface area contributed by atoms with Gasteiger partial charge in [-0.15, -0.1) is 13.2 Å². The molecule has 1 spiro atoms. The van der Waals surface area contributed by atoms with Crippen molar-refractivity contribution in [1.29, 1.82) is 0 Å². The van der Waals surface area contributed by atoms with Gasteiger partial charge in [-0.1, -0.05) is 0 Å². The van der Waals surface area contributed by atoms with E-state index in [1.165, 1.54) is 0 Å². The maximum absolute atomic E-state index is 12.7. The smallest absolute Gasteiger partial charge is 0.356 e. The molecule has 3 aliphatic rings. The predicted octanol–water partition coefficient (Wildman–Crippen LogP) is 0.587. The van der Waals surface area contributed by atoms with Gasteiger partial charge in [0.25, 0.3) is 0 Å². The van der Waals surface area contributed by atoms with Crippen LogP contribution in [0, 0.1) is 11.3 Å². The third-order valence-corrected chi connectivity index (χ3v) is 5.77. The molecule has 3 fully saturated rings. The average Bonchev–Trinajstić information content (AvgIpc) is 3.07. The van der Waals surface area contributed by atoms with Crippen molar-refractivity contribution in [3.8, 4) is 0 Å². The van der Waals surface area contributed by atoms with Crippen molar-refractivity contribution < 1.29 is 32.3 Å². The lowest BCUT2D eigenvalue weighted by Crippen LogP contribution is -2.50. The van der Waals surface area contributed by atoms with Gasteiger partial charge >= 0.3 is 6.36 Å². The van der Waals surface area contributed by atoms with E-state index in [4.69, 9.17) is 0 Å². The van der Waals surface area contributed by atoms with Crippen LogP contribution in [-0.2, 0) is 19.1 Å². The Morgan fingerprint density at radius 2 is 2.11 bits per heavy atom. The number of rotatable bonds is 7. The van der Waals surface area contributed by atoms with E-state index in [-0.39, 0.29) is 23.7 Å². The molecule has 3 atom stereocenters. The molecule has 2 aliphatic heterocycles. The average molecular weight is 391 g/mol. The number of nitrogens with one attached hydrogen (secondary N) is 2. The molecular formula is C17H24F3N3O4. The molecule has 0 bridgehead atoms. The van der Waals surface area contributed by atoms with E-state index in [1.807, 2.05) is 11.9 Å². The minimum Gasteiger partial charge on any atom is -0.356 e. The Labute approximate surface area is 155 Å². The number of likely N-dealkylation sites (tertiary alicyclic amines) is 1. The molecular weight excluding hydrogens is 367 g/mol. The second kappa shape index (κ2) is 7.38. The molecule has 0 aromatic carbocycles. The number of ether oxygens (including phenoxy) is 1. The van der Waals surface area contributed by atoms with Gasteiger partial charge in [0.05, 0.1) is 12.1 Å². The van der Waals surface area contributed by atoms with Crippen molar-refractivity contribution in [2.45, 2.75) is 50.6 Å². The standard InChI is InChI=1S/C17H24F3N3O4/c1-23-9-16(3-4-16)7-12(23)15(26)22-11(6-10-2-5-21-14(10)25)13(24)8-27-17(18,19)20/h10-12H,2-9H2,1H3,(H,21,25)(H,22,26). The third-order valence-electron chi connectivity index (χ3n) is 5.77. The molecule has 0 aromatic rings. The van der Waals surface area contributed by atoms with E-state index in [0.29, 0.717) is 19.4 Å². The van der Waals surface area contributed by atoms with Crippen molar-refractivity contribution in [2.24, 2.45) is 11.3 Å². The lowest BCUT2D eigenvalue weighted by atomic mass is 9.95. The number of carbonyl (C=O) groups excluding carboxylic acids is 3. The van der Waals surface area contributed by atoms with Gasteiger partial charge < -0.3 is 10.6 Å². The molecule has 10 heteroatoms. The highest BCUT2D eigenvalue weighted by Crippen LogP contribution is 2.54. The summed E-state index contributed by atoms with van der Waals surface area (Å²) in [6.07, 6.45) is -1.68. The summed E-state index contributed by atoms with van der Waals surface area (Å²) >= 11 is 0. The van der Waals surface area contributed by atoms with Gasteiger partial charge in [0.2, 0.25) is 11.8 Å². The van der Waals surface area contributed by atoms with Gasteiger partial charge in [-0.25, -0.2) is 0 Å². The molecule has 3 rings (SSSR count). The van der Waals surface area contributed by atoms with Crippen LogP contribution in [0.15, 0.2) is 0 Å². The van der Waals surface area contributed by atoms with Crippen LogP contribution >= 0.6 is 0 Å². The zero-order valence-corrected chi connectivity index (χ0v) is 15.1. The predicted molar refractivity (Wildman–Crippen MR) is 87.4 cm³/mol. The quantitative estimate of drug-likeness (QED) is 0.663. The molecule has 7 nitrogen and oxygen atoms in total. The first-order valence-corrected chi connectivity index (χ1v) is 9.10. The number of hydrogen-bond donors (Lipinski definition) is 2. The van der Waals surface area contributed by atoms with Gasteiger partial charge in [-0.2, -0.15) is 0 Å². The largest absolute Gasteiger partial charge is 0.522 e. The van der Waals surface area contributed by atoms with Gasteiger partial charge in [0, 0.05) is 19.0 Å². The highest BCUT2D eigenvalue weighted by molar-refractivity contribution is 5.92. The highest BCUT2D eigenvalue weighted by atomic mass is 19.4. The number of carbonyl (C=O) groups is 3. The normalized spacial score (nSPS) is 28.2. The van der Waals surface area contributed by atoms with Crippen LogP contribution in [0.1, 0.15) is 32.1 Å². The zero-order chi connectivity index (χ0) is 19.8. The fourth-order valence-electron chi connectivity index (χ4n) is 4.05. The van der Waals surface area contributed by atoms with Crippen molar-refractivity contribution >= 4 is 17.6 Å². The number of amides is 2. The van der Waals surface area contributed by atoms with Crippen molar-refractivity contribution in [1.82, 2.24) is 15.5 Å². The van der Waals surface area contributed by atoms with Crippen LogP contribution in [0.5, 0.6) is 0 Å². The topological polar surface area (TPSA) is 87.7 Å². The fourth-order valence-corrected chi connectivity index (χ4v) is 4.05. The highest BCUT2D eigenvalue weighted by Gasteiger charge is 2.53. The molecule has 0 aromatic heterocycles. The molecule has 2 N–H and O–H groups in total. The molecule has 2 heterocycles. The van der Waals surface area contributed by atoms with Gasteiger partial charge in [0.1, 0.15) is 6.61 Å². The summed E-state index contributed by atoms with van der Waals surface area (Å²) in [6, 6.07) is -1.60. The summed E-state index contributed by atoms with van der Waals surface area (Å²) < 4.78 is 40.4. The molecule has 27 heavy (non-hydrogen) atoms. The SMILES string of the molecule is CN1CC2(CC2)CC1C(=O)NC(CC1CCNC1=O)C(=O)COC(F)(F)F. The van der Waals surface area contributed by atoms with E-state index in [0.717, 1.165) is 19.4 Å². The van der Waals surface area contributed by atoms with Crippen molar-refractivity contribution in [2.75, 3.05) is 26.7 Å². The number of nitrogens with zero attached hydrogens (tertiary/aromatic N) is 1. The number of Topliss-reactive ketones (excluding diaryl/α,β-unsaturated/α-hetero) is 1. The van der Waals surface area contributed by atoms with E-state index >= 15 is 0 Å². The number of hydrogen-bond acceptors (Lipinski definition) is 5. The first kappa shape index (κ1) is 20.1. The summed E-state index contributed by atoms with van der Waals surface area (Å²) in [5, 5.41) is 5.20. The van der Waals surface area contributed by atoms with Crippen LogP contribution in [0.25, 0.3) is 0 Å². The molecule has 2 saturated heterocycles. The van der Waals surface area contributed by atoms with E-state index in [2.05, 4.69) is 15.4 Å². The molecule has 152 valence electrons. The van der Waals surface area contributed by atoms with E-state index in [1.54, 1.807) is 0 Å².